The molecule has 4 atom stereocenters. The van der Waals surface area contributed by atoms with E-state index in [2.05, 4.69) is 0 Å². The van der Waals surface area contributed by atoms with Crippen LogP contribution in [0.5, 0.6) is 0 Å². The van der Waals surface area contributed by atoms with Crippen LogP contribution < -0.4 is 0 Å². The van der Waals surface area contributed by atoms with Crippen LogP contribution in [0.15, 0.2) is 25.4 Å². The number of thioether (sulfide) groups is 8. The largest absolute Gasteiger partial charge is 0.110 e. The van der Waals surface area contributed by atoms with Crippen LogP contribution in [-0.4, -0.2) is 18.8 Å². The van der Waals surface area contributed by atoms with Crippen molar-refractivity contribution in [1.29, 1.82) is 0 Å². The number of alkyl halides is 4. The summed E-state index contributed by atoms with van der Waals surface area (Å²) >= 11 is 39.0. The van der Waals surface area contributed by atoms with Gasteiger partial charge in [0.15, 0.2) is 0 Å². The molecule has 0 spiro atoms. The Morgan fingerprint density at radius 2 is 0.636 bits per heavy atom. The molecule has 4 heterocycles. The third-order valence-corrected chi connectivity index (χ3v) is 17.3. The highest BCUT2D eigenvalue weighted by atomic mass is 35.5. The van der Waals surface area contributed by atoms with Gasteiger partial charge in [-0.05, 0) is 0 Å². The van der Waals surface area contributed by atoms with Crippen molar-refractivity contribution >= 4 is 140 Å². The van der Waals surface area contributed by atoms with Crippen LogP contribution in [0.2, 0.25) is 0 Å². The van der Waals surface area contributed by atoms with E-state index in [1.165, 1.54) is 25.4 Å². The molecule has 0 aliphatic carbocycles. The lowest BCUT2D eigenvalue weighted by molar-refractivity contribution is 1.33. The minimum atomic E-state index is -0.0711. The van der Waals surface area contributed by atoms with Gasteiger partial charge in [0.05, 0.1) is 25.4 Å². The van der Waals surface area contributed by atoms with E-state index in [4.69, 9.17) is 46.4 Å². The normalized spacial score (nSPS) is 38.7. The second-order valence-electron chi connectivity index (χ2n) is 4.01. The summed E-state index contributed by atoms with van der Waals surface area (Å²) in [5.74, 6) is 0. The van der Waals surface area contributed by atoms with Crippen molar-refractivity contribution in [3.63, 3.8) is 0 Å². The molecule has 4 rings (SSSR count). The monoisotopic (exact) mass is 520 g/mol. The molecule has 0 saturated heterocycles. The van der Waals surface area contributed by atoms with Crippen molar-refractivity contribution in [1.82, 2.24) is 0 Å². The first-order chi connectivity index (χ1) is 10.5. The average molecular weight is 522 g/mol. The van der Waals surface area contributed by atoms with Crippen LogP contribution in [-0.2, 0) is 0 Å². The molecule has 22 heavy (non-hydrogen) atoms. The van der Waals surface area contributed by atoms with Crippen LogP contribution in [0.1, 0.15) is 0 Å². The van der Waals surface area contributed by atoms with Gasteiger partial charge in [-0.25, -0.2) is 0 Å². The Kier molecular flexibility index (Phi) is 6.46. The molecule has 0 aromatic rings. The zero-order valence-electron chi connectivity index (χ0n) is 10.1. The summed E-state index contributed by atoms with van der Waals surface area (Å²) < 4.78 is 7.49. The predicted octanol–water partition coefficient (Wildman–Crippen LogP) is 8.55. The second-order valence-corrected chi connectivity index (χ2v) is 17.2. The highest BCUT2D eigenvalue weighted by Gasteiger charge is 2.39. The van der Waals surface area contributed by atoms with Gasteiger partial charge in [-0.2, -0.15) is 0 Å². The van der Waals surface area contributed by atoms with Crippen molar-refractivity contribution in [2.45, 2.75) is 18.8 Å². The van der Waals surface area contributed by atoms with E-state index in [1.807, 2.05) is 47.0 Å². The first kappa shape index (κ1) is 18.5. The lowest BCUT2D eigenvalue weighted by atomic mass is 10.9. The fourth-order valence-corrected chi connectivity index (χ4v) is 15.7. The maximum atomic E-state index is 6.26. The molecule has 0 saturated carbocycles. The predicted molar refractivity (Wildman–Crippen MR) is 120 cm³/mol. The third kappa shape index (κ3) is 3.75. The Hall–Kier alpha value is 3.18. The Balaban J connectivity index is 1.50. The number of halogens is 4. The fourth-order valence-electron chi connectivity index (χ4n) is 1.62. The molecular weight excluding hydrogens is 518 g/mol. The summed E-state index contributed by atoms with van der Waals surface area (Å²) in [6, 6.07) is 0. The molecule has 0 nitrogen and oxygen atoms in total. The molecule has 4 aliphatic rings. The second kappa shape index (κ2) is 7.66. The molecule has 0 unspecified atom stereocenters. The molecule has 0 bridgehead atoms. The highest BCUT2D eigenvalue weighted by Crippen LogP contribution is 2.70. The molecule has 0 radical (unpaired) electrons. The molecule has 0 aromatic heterocycles. The zero-order chi connectivity index (χ0) is 15.4. The molecule has 4 aliphatic heterocycles. The van der Waals surface area contributed by atoms with Gasteiger partial charge in [-0.3, -0.25) is 0 Å². The van der Waals surface area contributed by atoms with Gasteiger partial charge in [0.1, 0.15) is 18.8 Å². The van der Waals surface area contributed by atoms with Crippen LogP contribution in [0, 0.1) is 0 Å². The Morgan fingerprint density at radius 1 is 0.409 bits per heavy atom. The van der Waals surface area contributed by atoms with Crippen molar-refractivity contribution in [2.24, 2.45) is 0 Å². The Bertz CT molecular complexity index is 516. The zero-order valence-corrected chi connectivity index (χ0v) is 19.6. The first-order valence-corrected chi connectivity index (χ1v) is 14.2. The number of hydrogen-bond donors (Lipinski definition) is 0. The average Bonchev–Trinajstić information content (AvgIpc) is 3.03. The molecule has 0 aromatic carbocycles. The van der Waals surface area contributed by atoms with E-state index in [0.717, 1.165) is 0 Å². The quantitative estimate of drug-likeness (QED) is 0.287. The van der Waals surface area contributed by atoms with Gasteiger partial charge in [-0.1, -0.05) is 94.1 Å². The van der Waals surface area contributed by atoms with E-state index in [0.29, 0.717) is 0 Å². The summed E-state index contributed by atoms with van der Waals surface area (Å²) in [6.45, 7) is 0. The maximum Gasteiger partial charge on any atom is 0.110 e. The van der Waals surface area contributed by atoms with Crippen LogP contribution in [0.25, 0.3) is 0 Å². The van der Waals surface area contributed by atoms with Gasteiger partial charge in [0, 0.05) is 0 Å². The van der Waals surface area contributed by atoms with Gasteiger partial charge in [0.25, 0.3) is 0 Å². The van der Waals surface area contributed by atoms with E-state index in [9.17, 15) is 0 Å². The summed E-state index contributed by atoms with van der Waals surface area (Å²) in [5, 5.41) is 0. The summed E-state index contributed by atoms with van der Waals surface area (Å²) in [4.78, 5) is 0. The van der Waals surface area contributed by atoms with Crippen LogP contribution in [0.3, 0.4) is 0 Å². The van der Waals surface area contributed by atoms with E-state index >= 15 is 0 Å². The lowest BCUT2D eigenvalue weighted by Gasteiger charge is -2.20. The SMILES string of the molecule is Cl[C@H]1SC2=C(SC(=C3SC4=C(S3)S[C@H](Cl)[C@@H](Cl)S4)S2)S[C@@H]1Cl. The summed E-state index contributed by atoms with van der Waals surface area (Å²) in [7, 11) is 0. The van der Waals surface area contributed by atoms with Crippen molar-refractivity contribution < 1.29 is 0 Å². The Morgan fingerprint density at radius 3 is 0.864 bits per heavy atom. The first-order valence-electron chi connectivity index (χ1n) is 5.68. The standard InChI is InChI=1S/C10H4Cl4S8/c11-1-2(12)16-6-5(15-1)19-9(20-6)10-21-7-8(22-10)18-4(14)3(13)17-7/h1-4H/t1-,2-,3-,4-/m0/s1. The van der Waals surface area contributed by atoms with E-state index in [1.54, 1.807) is 47.0 Å². The minimum Gasteiger partial charge on any atom is -0.108 e. The lowest BCUT2D eigenvalue weighted by Crippen LogP contribution is -2.09. The molecule has 120 valence electrons. The molecule has 0 N–H and O–H groups in total. The summed E-state index contributed by atoms with van der Waals surface area (Å²) in [5.41, 5.74) is 0. The third-order valence-electron chi connectivity index (χ3n) is 2.53. The van der Waals surface area contributed by atoms with E-state index < -0.39 is 0 Å². The Labute approximate surface area is 182 Å². The van der Waals surface area contributed by atoms with Gasteiger partial charge < -0.3 is 0 Å². The van der Waals surface area contributed by atoms with E-state index in [-0.39, 0.29) is 18.8 Å². The molecule has 0 fully saturated rings. The maximum absolute atomic E-state index is 6.26. The van der Waals surface area contributed by atoms with Crippen molar-refractivity contribution in [2.75, 3.05) is 0 Å². The van der Waals surface area contributed by atoms with Gasteiger partial charge in [0.2, 0.25) is 0 Å². The minimum absolute atomic E-state index is 0.0711. The number of rotatable bonds is 0. The summed E-state index contributed by atoms with van der Waals surface area (Å²) in [6.07, 6.45) is 0. The van der Waals surface area contributed by atoms with Crippen LogP contribution in [0.4, 0.5) is 0 Å². The molecule has 0 amide bonds. The highest BCUT2D eigenvalue weighted by molar-refractivity contribution is 8.46. The van der Waals surface area contributed by atoms with Crippen molar-refractivity contribution in [3.8, 4) is 0 Å². The smallest absolute Gasteiger partial charge is 0.108 e. The number of hydrogen-bond acceptors (Lipinski definition) is 8. The van der Waals surface area contributed by atoms with Crippen LogP contribution >= 0.6 is 140 Å². The fraction of sp³-hybridized carbons (Fsp3) is 0.400. The topological polar surface area (TPSA) is 0 Å². The molecule has 12 heteroatoms. The van der Waals surface area contributed by atoms with Crippen molar-refractivity contribution in [3.05, 3.63) is 25.4 Å². The molecular formula is C10H4Cl4S8. The van der Waals surface area contributed by atoms with Gasteiger partial charge in [-0.15, -0.1) is 46.4 Å². The van der Waals surface area contributed by atoms with Gasteiger partial charge >= 0.3 is 0 Å².